The number of rotatable bonds is 2. The van der Waals surface area contributed by atoms with Gasteiger partial charge in [0.1, 0.15) is 5.82 Å². The van der Waals surface area contributed by atoms with Gasteiger partial charge in [0.25, 0.3) is 0 Å². The summed E-state index contributed by atoms with van der Waals surface area (Å²) in [6.45, 7) is 3.70. The molecule has 0 atom stereocenters. The topological polar surface area (TPSA) is 17.1 Å². The maximum Gasteiger partial charge on any atom is 0.203 e. The zero-order chi connectivity index (χ0) is 11.7. The molecule has 2 aromatic rings. The second-order valence-corrected chi connectivity index (χ2v) is 4.99. The summed E-state index contributed by atoms with van der Waals surface area (Å²) in [5, 5.41) is 0. The Bertz CT molecular complexity index is 543. The fourth-order valence-corrected chi connectivity index (χ4v) is 2.39. The Kier molecular flexibility index (Phi) is 2.88. The number of hydrogen-bond donors (Lipinski definition) is 0. The number of carbonyl (C=O) groups excluding carboxylic acids is 1. The van der Waals surface area contributed by atoms with Crippen LogP contribution in [0, 0.1) is 19.7 Å². The third kappa shape index (κ3) is 2.04. The van der Waals surface area contributed by atoms with Crippen LogP contribution < -0.4 is 0 Å². The molecular formula is C13H11FOS. The molecular weight excluding hydrogens is 223 g/mol. The highest BCUT2D eigenvalue weighted by molar-refractivity contribution is 7.14. The molecule has 0 aliphatic rings. The van der Waals surface area contributed by atoms with Gasteiger partial charge >= 0.3 is 0 Å². The average molecular weight is 234 g/mol. The summed E-state index contributed by atoms with van der Waals surface area (Å²) in [6.07, 6.45) is 0. The van der Waals surface area contributed by atoms with E-state index in [1.165, 1.54) is 23.5 Å². The Morgan fingerprint density at radius 3 is 2.50 bits per heavy atom. The monoisotopic (exact) mass is 234 g/mol. The molecule has 0 N–H and O–H groups in total. The molecule has 0 amide bonds. The zero-order valence-electron chi connectivity index (χ0n) is 9.08. The Hall–Kier alpha value is -1.48. The zero-order valence-corrected chi connectivity index (χ0v) is 9.90. The van der Waals surface area contributed by atoms with Crippen molar-refractivity contribution in [1.29, 1.82) is 0 Å². The van der Waals surface area contributed by atoms with Crippen LogP contribution in [0.1, 0.15) is 25.7 Å². The lowest BCUT2D eigenvalue weighted by Crippen LogP contribution is -2.01. The van der Waals surface area contributed by atoms with E-state index in [2.05, 4.69) is 0 Å². The van der Waals surface area contributed by atoms with Crippen LogP contribution in [0.2, 0.25) is 0 Å². The first-order valence-electron chi connectivity index (χ1n) is 4.95. The van der Waals surface area contributed by atoms with E-state index < -0.39 is 0 Å². The van der Waals surface area contributed by atoms with Crippen LogP contribution in [0.5, 0.6) is 0 Å². The second kappa shape index (κ2) is 4.18. The molecule has 0 fully saturated rings. The largest absolute Gasteiger partial charge is 0.288 e. The van der Waals surface area contributed by atoms with Gasteiger partial charge in [0.2, 0.25) is 5.78 Å². The van der Waals surface area contributed by atoms with Gasteiger partial charge in [-0.1, -0.05) is 0 Å². The van der Waals surface area contributed by atoms with Crippen LogP contribution in [0.25, 0.3) is 0 Å². The molecule has 16 heavy (non-hydrogen) atoms. The predicted octanol–water partition coefficient (Wildman–Crippen LogP) is 3.74. The Balaban J connectivity index is 2.41. The van der Waals surface area contributed by atoms with Crippen molar-refractivity contribution in [3.05, 3.63) is 57.0 Å². The molecule has 0 unspecified atom stereocenters. The van der Waals surface area contributed by atoms with Crippen molar-refractivity contribution in [1.82, 2.24) is 0 Å². The number of ketones is 1. The molecule has 0 aliphatic heterocycles. The van der Waals surface area contributed by atoms with Crippen LogP contribution in [0.15, 0.2) is 30.3 Å². The maximum absolute atomic E-state index is 12.9. The van der Waals surface area contributed by atoms with Crippen molar-refractivity contribution < 1.29 is 9.18 Å². The van der Waals surface area contributed by atoms with Gasteiger partial charge in [-0.3, -0.25) is 4.79 Å². The summed E-state index contributed by atoms with van der Waals surface area (Å²) >= 11 is 1.46. The van der Waals surface area contributed by atoms with Gasteiger partial charge in [-0.05, 0) is 49.7 Å². The highest BCUT2D eigenvalue weighted by Crippen LogP contribution is 2.21. The third-order valence-electron chi connectivity index (χ3n) is 2.40. The minimum absolute atomic E-state index is 0.0319. The Labute approximate surface area is 97.6 Å². The Morgan fingerprint density at radius 1 is 1.19 bits per heavy atom. The van der Waals surface area contributed by atoms with Crippen LogP contribution in [-0.2, 0) is 0 Å². The number of benzene rings is 1. The highest BCUT2D eigenvalue weighted by atomic mass is 32.1. The van der Waals surface area contributed by atoms with Crippen molar-refractivity contribution in [3.8, 4) is 0 Å². The summed E-state index contributed by atoms with van der Waals surface area (Å²) in [5.74, 6) is -0.341. The number of thiophene rings is 1. The van der Waals surface area contributed by atoms with Crippen molar-refractivity contribution in [2.45, 2.75) is 13.8 Å². The number of aryl methyl sites for hydroxylation is 2. The molecule has 1 heterocycles. The summed E-state index contributed by atoms with van der Waals surface area (Å²) < 4.78 is 12.9. The van der Waals surface area contributed by atoms with Crippen molar-refractivity contribution in [2.75, 3.05) is 0 Å². The molecule has 0 aliphatic carbocycles. The molecule has 1 nitrogen and oxygen atoms in total. The van der Waals surface area contributed by atoms with Gasteiger partial charge in [-0.15, -0.1) is 11.3 Å². The molecule has 1 aromatic heterocycles. The Morgan fingerprint density at radius 2 is 1.94 bits per heavy atom. The highest BCUT2D eigenvalue weighted by Gasteiger charge is 2.13. The van der Waals surface area contributed by atoms with Crippen LogP contribution in [0.4, 0.5) is 4.39 Å². The van der Waals surface area contributed by atoms with E-state index in [9.17, 15) is 9.18 Å². The fraction of sp³-hybridized carbons (Fsp3) is 0.154. The molecule has 82 valence electrons. The summed E-state index contributed by atoms with van der Waals surface area (Å²) in [4.78, 5) is 13.9. The first-order chi connectivity index (χ1) is 7.58. The smallest absolute Gasteiger partial charge is 0.203 e. The lowest BCUT2D eigenvalue weighted by atomic mass is 10.0. The molecule has 0 spiro atoms. The van der Waals surface area contributed by atoms with Gasteiger partial charge in [0.05, 0.1) is 4.88 Å². The second-order valence-electron chi connectivity index (χ2n) is 3.70. The van der Waals surface area contributed by atoms with E-state index in [0.29, 0.717) is 16.0 Å². The van der Waals surface area contributed by atoms with E-state index in [-0.39, 0.29) is 11.6 Å². The quantitative estimate of drug-likeness (QED) is 0.723. The van der Waals surface area contributed by atoms with Crippen LogP contribution in [0.3, 0.4) is 0 Å². The lowest BCUT2D eigenvalue weighted by Gasteiger charge is -2.02. The standard InChI is InChI=1S/C13H11FOS/c1-8-7-10(14)4-5-11(8)13(15)12-6-3-9(2)16-12/h3-7H,1-2H3. The fourth-order valence-electron chi connectivity index (χ4n) is 1.57. The summed E-state index contributed by atoms with van der Waals surface area (Å²) in [7, 11) is 0. The summed E-state index contributed by atoms with van der Waals surface area (Å²) in [6, 6.07) is 7.97. The van der Waals surface area contributed by atoms with E-state index in [0.717, 1.165) is 4.88 Å². The van der Waals surface area contributed by atoms with Crippen LogP contribution >= 0.6 is 11.3 Å². The van der Waals surface area contributed by atoms with E-state index in [4.69, 9.17) is 0 Å². The minimum atomic E-state index is -0.309. The molecule has 2 rings (SSSR count). The first kappa shape index (κ1) is 11.0. The van der Waals surface area contributed by atoms with Gasteiger partial charge in [0, 0.05) is 10.4 Å². The van der Waals surface area contributed by atoms with Crippen molar-refractivity contribution >= 4 is 17.1 Å². The molecule has 0 radical (unpaired) electrons. The van der Waals surface area contributed by atoms with E-state index in [1.54, 1.807) is 13.0 Å². The van der Waals surface area contributed by atoms with Crippen LogP contribution in [-0.4, -0.2) is 5.78 Å². The normalized spacial score (nSPS) is 10.4. The van der Waals surface area contributed by atoms with E-state index in [1.807, 2.05) is 19.1 Å². The van der Waals surface area contributed by atoms with Gasteiger partial charge < -0.3 is 0 Å². The molecule has 0 bridgehead atoms. The van der Waals surface area contributed by atoms with Gasteiger partial charge in [-0.2, -0.15) is 0 Å². The molecule has 0 saturated carbocycles. The average Bonchev–Trinajstić information content (AvgIpc) is 2.64. The third-order valence-corrected chi connectivity index (χ3v) is 3.40. The SMILES string of the molecule is Cc1ccc(C(=O)c2ccc(F)cc2C)s1. The molecule has 0 saturated heterocycles. The number of hydrogen-bond acceptors (Lipinski definition) is 2. The maximum atomic E-state index is 12.9. The number of halogens is 1. The molecule has 1 aromatic carbocycles. The minimum Gasteiger partial charge on any atom is -0.288 e. The predicted molar refractivity (Wildman–Crippen MR) is 63.6 cm³/mol. The van der Waals surface area contributed by atoms with E-state index >= 15 is 0 Å². The molecule has 3 heteroatoms. The van der Waals surface area contributed by atoms with Gasteiger partial charge in [-0.25, -0.2) is 4.39 Å². The number of carbonyl (C=O) groups is 1. The van der Waals surface area contributed by atoms with Crippen molar-refractivity contribution in [3.63, 3.8) is 0 Å². The van der Waals surface area contributed by atoms with Gasteiger partial charge in [0.15, 0.2) is 0 Å². The van der Waals surface area contributed by atoms with Crippen molar-refractivity contribution in [2.24, 2.45) is 0 Å². The summed E-state index contributed by atoms with van der Waals surface area (Å²) in [5.41, 5.74) is 1.25. The first-order valence-corrected chi connectivity index (χ1v) is 5.77. The lowest BCUT2D eigenvalue weighted by molar-refractivity contribution is 0.104.